The lowest BCUT2D eigenvalue weighted by molar-refractivity contribution is 0.102. The van der Waals surface area contributed by atoms with E-state index in [-0.39, 0.29) is 5.69 Å². The Kier molecular flexibility index (Phi) is 5.02. The summed E-state index contributed by atoms with van der Waals surface area (Å²) < 4.78 is 0.895. The number of carbonyl (C=O) groups is 1. The van der Waals surface area contributed by atoms with Gasteiger partial charge in [0.25, 0.3) is 5.91 Å². The van der Waals surface area contributed by atoms with Crippen LogP contribution in [0, 0.1) is 11.3 Å². The van der Waals surface area contributed by atoms with Gasteiger partial charge in [0.1, 0.15) is 6.07 Å². The average Bonchev–Trinajstić information content (AvgIpc) is 2.64. The molecule has 0 atom stereocenters. The Morgan fingerprint density at radius 3 is 2.36 bits per heavy atom. The summed E-state index contributed by atoms with van der Waals surface area (Å²) in [5, 5.41) is 22.8. The van der Waals surface area contributed by atoms with Crippen molar-refractivity contribution in [2.45, 2.75) is 0 Å². The third kappa shape index (κ3) is 4.00. The fourth-order valence-electron chi connectivity index (χ4n) is 2.10. The number of carbonyl (C=O) groups excluding carboxylic acids is 1. The zero-order valence-corrected chi connectivity index (χ0v) is 14.5. The van der Waals surface area contributed by atoms with Crippen LogP contribution in [0.15, 0.2) is 65.1 Å². The van der Waals surface area contributed by atoms with Crippen molar-refractivity contribution < 1.29 is 4.79 Å². The standard InChI is InChI=1S/C18H12BrN5O/c19-13-6-2-4-8-15(13)21-17-10-9-16(23-24-17)18(25)22-14-7-3-1-5-12(14)11-20/h1-10H,(H,21,24)(H,22,25). The van der Waals surface area contributed by atoms with Crippen LogP contribution in [0.1, 0.15) is 16.1 Å². The van der Waals surface area contributed by atoms with Gasteiger partial charge in [-0.3, -0.25) is 4.79 Å². The number of benzene rings is 2. The number of hydrogen-bond acceptors (Lipinski definition) is 5. The van der Waals surface area contributed by atoms with Crippen LogP contribution in [0.25, 0.3) is 0 Å². The van der Waals surface area contributed by atoms with E-state index < -0.39 is 5.91 Å². The Hall–Kier alpha value is -3.24. The first-order valence-corrected chi connectivity index (χ1v) is 8.12. The highest BCUT2D eigenvalue weighted by atomic mass is 79.9. The fraction of sp³-hybridized carbons (Fsp3) is 0. The number of para-hydroxylation sites is 2. The molecule has 7 heteroatoms. The van der Waals surface area contributed by atoms with E-state index in [0.29, 0.717) is 17.1 Å². The predicted molar refractivity (Wildman–Crippen MR) is 98.6 cm³/mol. The average molecular weight is 394 g/mol. The number of aromatic nitrogens is 2. The highest BCUT2D eigenvalue weighted by Crippen LogP contribution is 2.24. The lowest BCUT2D eigenvalue weighted by Gasteiger charge is -2.08. The third-order valence-corrected chi connectivity index (χ3v) is 4.02. The summed E-state index contributed by atoms with van der Waals surface area (Å²) in [6, 6.07) is 19.6. The topological polar surface area (TPSA) is 90.7 Å². The molecule has 0 radical (unpaired) electrons. The lowest BCUT2D eigenvalue weighted by Crippen LogP contribution is -2.15. The van der Waals surface area contributed by atoms with Gasteiger partial charge in [-0.1, -0.05) is 24.3 Å². The highest BCUT2D eigenvalue weighted by Gasteiger charge is 2.11. The molecule has 3 aromatic rings. The van der Waals surface area contributed by atoms with Gasteiger partial charge >= 0.3 is 0 Å². The Bertz CT molecular complexity index is 950. The van der Waals surface area contributed by atoms with Gasteiger partial charge in [-0.2, -0.15) is 5.26 Å². The van der Waals surface area contributed by atoms with Crippen molar-refractivity contribution in [1.29, 1.82) is 5.26 Å². The van der Waals surface area contributed by atoms with Crippen molar-refractivity contribution in [2.24, 2.45) is 0 Å². The molecule has 0 spiro atoms. The molecular formula is C18H12BrN5O. The van der Waals surface area contributed by atoms with Crippen molar-refractivity contribution in [2.75, 3.05) is 10.6 Å². The van der Waals surface area contributed by atoms with Gasteiger partial charge in [0, 0.05) is 4.47 Å². The second kappa shape index (κ2) is 7.55. The van der Waals surface area contributed by atoms with E-state index in [1.54, 1.807) is 36.4 Å². The maximum absolute atomic E-state index is 12.3. The van der Waals surface area contributed by atoms with Crippen LogP contribution in [0.5, 0.6) is 0 Å². The van der Waals surface area contributed by atoms with Crippen LogP contribution >= 0.6 is 15.9 Å². The number of rotatable bonds is 4. The molecule has 6 nitrogen and oxygen atoms in total. The van der Waals surface area contributed by atoms with E-state index in [4.69, 9.17) is 5.26 Å². The number of anilines is 3. The summed E-state index contributed by atoms with van der Waals surface area (Å²) in [6.07, 6.45) is 0. The summed E-state index contributed by atoms with van der Waals surface area (Å²) in [7, 11) is 0. The van der Waals surface area contributed by atoms with Crippen LogP contribution in [0.4, 0.5) is 17.2 Å². The molecule has 25 heavy (non-hydrogen) atoms. The Labute approximate surface area is 152 Å². The molecule has 0 fully saturated rings. The lowest BCUT2D eigenvalue weighted by atomic mass is 10.2. The highest BCUT2D eigenvalue weighted by molar-refractivity contribution is 9.10. The molecule has 2 N–H and O–H groups in total. The number of nitrogens with one attached hydrogen (secondary N) is 2. The number of hydrogen-bond donors (Lipinski definition) is 2. The molecule has 1 amide bonds. The van der Waals surface area contributed by atoms with Crippen LogP contribution in [0.2, 0.25) is 0 Å². The Morgan fingerprint density at radius 2 is 1.68 bits per heavy atom. The van der Waals surface area contributed by atoms with E-state index in [1.165, 1.54) is 0 Å². The largest absolute Gasteiger partial charge is 0.338 e. The molecule has 1 aromatic heterocycles. The molecule has 1 heterocycles. The van der Waals surface area contributed by atoms with Gasteiger partial charge < -0.3 is 10.6 Å². The van der Waals surface area contributed by atoms with Crippen LogP contribution in [0.3, 0.4) is 0 Å². The molecule has 0 bridgehead atoms. The van der Waals surface area contributed by atoms with Crippen molar-refractivity contribution >= 4 is 39.0 Å². The monoisotopic (exact) mass is 393 g/mol. The van der Waals surface area contributed by atoms with Gasteiger partial charge in [0.2, 0.25) is 0 Å². The molecule has 0 saturated carbocycles. The number of nitriles is 1. The molecular weight excluding hydrogens is 382 g/mol. The summed E-state index contributed by atoms with van der Waals surface area (Å²) in [4.78, 5) is 12.3. The number of halogens is 1. The quantitative estimate of drug-likeness (QED) is 0.695. The van der Waals surface area contributed by atoms with E-state index in [2.05, 4.69) is 36.8 Å². The molecule has 0 unspecified atom stereocenters. The van der Waals surface area contributed by atoms with Gasteiger partial charge in [-0.05, 0) is 52.3 Å². The third-order valence-electron chi connectivity index (χ3n) is 3.33. The minimum absolute atomic E-state index is 0.158. The van der Waals surface area contributed by atoms with Crippen molar-refractivity contribution in [3.8, 4) is 6.07 Å². The van der Waals surface area contributed by atoms with Crippen LogP contribution < -0.4 is 10.6 Å². The van der Waals surface area contributed by atoms with Gasteiger partial charge in [-0.15, -0.1) is 10.2 Å². The maximum Gasteiger partial charge on any atom is 0.276 e. The summed E-state index contributed by atoms with van der Waals surface area (Å²) >= 11 is 3.44. The van der Waals surface area contributed by atoms with Crippen molar-refractivity contribution in [1.82, 2.24) is 10.2 Å². The first kappa shape index (κ1) is 16.6. The summed E-state index contributed by atoms with van der Waals surface area (Å²) in [6.45, 7) is 0. The molecule has 0 aliphatic rings. The molecule has 0 saturated heterocycles. The van der Waals surface area contributed by atoms with Gasteiger partial charge in [-0.25, -0.2) is 0 Å². The summed E-state index contributed by atoms with van der Waals surface area (Å²) in [5.41, 5.74) is 1.82. The number of amides is 1. The van der Waals surface area contributed by atoms with Crippen molar-refractivity contribution in [3.05, 3.63) is 76.4 Å². The van der Waals surface area contributed by atoms with Gasteiger partial charge in [0.15, 0.2) is 11.5 Å². The first-order valence-electron chi connectivity index (χ1n) is 7.33. The zero-order chi connectivity index (χ0) is 17.6. The normalized spacial score (nSPS) is 9.92. The van der Waals surface area contributed by atoms with Crippen molar-refractivity contribution in [3.63, 3.8) is 0 Å². The number of nitrogens with zero attached hydrogens (tertiary/aromatic N) is 3. The Balaban J connectivity index is 1.73. The molecule has 122 valence electrons. The minimum Gasteiger partial charge on any atom is -0.338 e. The fourth-order valence-corrected chi connectivity index (χ4v) is 2.48. The molecule has 0 aliphatic carbocycles. The SMILES string of the molecule is N#Cc1ccccc1NC(=O)c1ccc(Nc2ccccc2Br)nn1. The second-order valence-corrected chi connectivity index (χ2v) is 5.87. The minimum atomic E-state index is -0.428. The van der Waals surface area contributed by atoms with E-state index in [9.17, 15) is 4.79 Å². The van der Waals surface area contributed by atoms with Crippen LogP contribution in [-0.4, -0.2) is 16.1 Å². The van der Waals surface area contributed by atoms with E-state index >= 15 is 0 Å². The maximum atomic E-state index is 12.3. The smallest absolute Gasteiger partial charge is 0.276 e. The van der Waals surface area contributed by atoms with E-state index in [1.807, 2.05) is 30.3 Å². The Morgan fingerprint density at radius 1 is 0.960 bits per heavy atom. The van der Waals surface area contributed by atoms with Gasteiger partial charge in [0.05, 0.1) is 16.9 Å². The molecule has 0 aliphatic heterocycles. The second-order valence-electron chi connectivity index (χ2n) is 5.02. The predicted octanol–water partition coefficient (Wildman–Crippen LogP) is 4.11. The van der Waals surface area contributed by atoms with E-state index in [0.717, 1.165) is 10.2 Å². The molecule has 3 rings (SSSR count). The summed E-state index contributed by atoms with van der Waals surface area (Å²) in [5.74, 6) is 0.0866. The zero-order valence-electron chi connectivity index (χ0n) is 12.9. The molecule has 2 aromatic carbocycles. The van der Waals surface area contributed by atoms with Crippen LogP contribution in [-0.2, 0) is 0 Å². The first-order chi connectivity index (χ1) is 12.2.